The molecule has 2 aliphatic heterocycles. The summed E-state index contributed by atoms with van der Waals surface area (Å²) in [4.78, 5) is 52.7. The average Bonchev–Trinajstić information content (AvgIpc) is 3.25. The van der Waals surface area contributed by atoms with Crippen LogP contribution in [0.25, 0.3) is 0 Å². The Kier molecular flexibility index (Phi) is 7.05. The van der Waals surface area contributed by atoms with Gasteiger partial charge in [0.15, 0.2) is 5.78 Å². The molecule has 1 saturated carbocycles. The molecular weight excluding hydrogens is 506 g/mol. The highest BCUT2D eigenvalue weighted by Gasteiger charge is 2.64. The van der Waals surface area contributed by atoms with Gasteiger partial charge in [-0.3, -0.25) is 24.5 Å². The van der Waals surface area contributed by atoms with Gasteiger partial charge in [-0.15, -0.1) is 6.58 Å². The van der Waals surface area contributed by atoms with Gasteiger partial charge in [0.1, 0.15) is 17.0 Å². The maximum atomic E-state index is 14.2. The number of benzene rings is 1. The van der Waals surface area contributed by atoms with Gasteiger partial charge in [-0.1, -0.05) is 18.2 Å². The van der Waals surface area contributed by atoms with E-state index >= 15 is 0 Å². The number of ketones is 1. The lowest BCUT2D eigenvalue weighted by Gasteiger charge is -2.29. The molecular formula is C31H33N5O4. The van der Waals surface area contributed by atoms with Crippen LogP contribution >= 0.6 is 0 Å². The minimum atomic E-state index is -1.11. The minimum Gasteiger partial charge on any atom is -0.444 e. The number of amides is 2. The summed E-state index contributed by atoms with van der Waals surface area (Å²) in [6.45, 7) is 10.4. The Hall–Kier alpha value is -4.32. The van der Waals surface area contributed by atoms with E-state index in [0.717, 1.165) is 5.56 Å². The van der Waals surface area contributed by atoms with Crippen molar-refractivity contribution in [3.63, 3.8) is 0 Å². The monoisotopic (exact) mass is 539 g/mol. The highest BCUT2D eigenvalue weighted by Crippen LogP contribution is 2.52. The van der Waals surface area contributed by atoms with Crippen LogP contribution in [-0.2, 0) is 16.0 Å². The number of hydrogen-bond acceptors (Lipinski definition) is 7. The van der Waals surface area contributed by atoms with Gasteiger partial charge in [0.2, 0.25) is 0 Å². The van der Waals surface area contributed by atoms with E-state index in [-0.39, 0.29) is 42.1 Å². The fraction of sp³-hybridized carbons (Fsp3) is 0.419. The molecule has 1 aromatic carbocycles. The van der Waals surface area contributed by atoms with E-state index in [9.17, 15) is 14.4 Å². The van der Waals surface area contributed by atoms with Gasteiger partial charge in [0.05, 0.1) is 18.1 Å². The van der Waals surface area contributed by atoms with Crippen molar-refractivity contribution in [3.05, 3.63) is 78.1 Å². The van der Waals surface area contributed by atoms with Crippen molar-refractivity contribution in [2.45, 2.75) is 57.2 Å². The molecule has 2 amide bonds. The predicted octanol–water partition coefficient (Wildman–Crippen LogP) is 4.19. The second kappa shape index (κ2) is 10.3. The molecule has 1 aromatic heterocycles. The number of fused-ring (bicyclic) bond motifs is 1. The lowest BCUT2D eigenvalue weighted by atomic mass is 9.88. The van der Waals surface area contributed by atoms with E-state index in [2.05, 4.69) is 17.6 Å². The third-order valence-corrected chi connectivity index (χ3v) is 7.72. The number of rotatable bonds is 8. The number of pyridine rings is 1. The lowest BCUT2D eigenvalue weighted by molar-refractivity contribution is -0.131. The van der Waals surface area contributed by atoms with Gasteiger partial charge < -0.3 is 9.64 Å². The molecule has 3 aliphatic rings. The number of nitriles is 1. The molecule has 1 saturated heterocycles. The van der Waals surface area contributed by atoms with Crippen molar-refractivity contribution in [2.24, 2.45) is 16.8 Å². The normalized spacial score (nSPS) is 25.2. The number of ether oxygens (including phenoxy) is 1. The van der Waals surface area contributed by atoms with E-state index in [0.29, 0.717) is 42.9 Å². The quantitative estimate of drug-likeness (QED) is 0.367. The van der Waals surface area contributed by atoms with Crippen molar-refractivity contribution in [1.82, 2.24) is 14.8 Å². The van der Waals surface area contributed by atoms with Gasteiger partial charge in [-0.2, -0.15) is 5.26 Å². The first-order valence-electron chi connectivity index (χ1n) is 13.5. The smallest absolute Gasteiger partial charge is 0.410 e. The van der Waals surface area contributed by atoms with Crippen LogP contribution in [0.3, 0.4) is 0 Å². The summed E-state index contributed by atoms with van der Waals surface area (Å²) in [5.41, 5.74) is 0.147. The topological polar surface area (TPSA) is 116 Å². The van der Waals surface area contributed by atoms with Crippen LogP contribution in [-0.4, -0.2) is 68.7 Å². The van der Waals surface area contributed by atoms with Crippen LogP contribution in [0.2, 0.25) is 0 Å². The number of hydrogen-bond donors (Lipinski definition) is 0. The molecule has 0 bridgehead atoms. The maximum absolute atomic E-state index is 14.2. The summed E-state index contributed by atoms with van der Waals surface area (Å²) in [5, 5.41) is 9.10. The Bertz CT molecular complexity index is 1390. The van der Waals surface area contributed by atoms with Gasteiger partial charge in [0.25, 0.3) is 5.91 Å². The zero-order valence-electron chi connectivity index (χ0n) is 23.0. The maximum Gasteiger partial charge on any atom is 0.410 e. The van der Waals surface area contributed by atoms with E-state index in [1.807, 2.05) is 32.9 Å². The zero-order chi connectivity index (χ0) is 28.7. The first kappa shape index (κ1) is 27.3. The highest BCUT2D eigenvalue weighted by molar-refractivity contribution is 6.17. The number of piperidine rings is 1. The van der Waals surface area contributed by atoms with Crippen LogP contribution in [0.5, 0.6) is 0 Å². The highest BCUT2D eigenvalue weighted by atomic mass is 16.6. The minimum absolute atomic E-state index is 0.0431. The Labute approximate surface area is 234 Å². The first-order valence-corrected chi connectivity index (χ1v) is 13.5. The second-order valence-electron chi connectivity index (χ2n) is 11.8. The summed E-state index contributed by atoms with van der Waals surface area (Å²) < 4.78 is 5.54. The molecule has 0 spiro atoms. The van der Waals surface area contributed by atoms with Crippen molar-refractivity contribution >= 4 is 23.6 Å². The van der Waals surface area contributed by atoms with E-state index in [1.54, 1.807) is 52.5 Å². The number of likely N-dealkylation sites (tertiary alicyclic amines) is 1. The van der Waals surface area contributed by atoms with E-state index in [1.165, 1.54) is 0 Å². The summed E-state index contributed by atoms with van der Waals surface area (Å²) in [6, 6.07) is 12.1. The van der Waals surface area contributed by atoms with Crippen LogP contribution < -0.4 is 0 Å². The molecule has 2 aromatic rings. The molecule has 0 radical (unpaired) electrons. The van der Waals surface area contributed by atoms with E-state index in [4.69, 9.17) is 15.0 Å². The summed E-state index contributed by atoms with van der Waals surface area (Å²) in [7, 11) is 0. The third kappa shape index (κ3) is 5.26. The number of carbonyl (C=O) groups is 3. The molecule has 1 aliphatic carbocycles. The van der Waals surface area contributed by atoms with Gasteiger partial charge in [-0.25, -0.2) is 4.79 Å². The zero-order valence-corrected chi connectivity index (χ0v) is 23.0. The molecule has 9 nitrogen and oxygen atoms in total. The number of Topliss-reactive ketones (excluding diaryl/α,β-unsaturated/α-hetero) is 1. The molecule has 9 heteroatoms. The standard InChI is InChI=1S/C31H33N5O4/c1-5-12-31(16-20-10-13-33-14-11-20)28(38)36(26(34-31)15-25(37)22-8-6-21(17-32)7-9-22)27-23-18-35(19-24(23)27)29(39)40-30(2,3)4/h5-11,13-14,23-24,27H,1,12,15-16,18-19H2,2-4H3. The predicted molar refractivity (Wildman–Crippen MR) is 148 cm³/mol. The molecule has 2 fully saturated rings. The molecule has 40 heavy (non-hydrogen) atoms. The van der Waals surface area contributed by atoms with Crippen LogP contribution in [0.15, 0.2) is 66.4 Å². The first-order chi connectivity index (χ1) is 19.0. The largest absolute Gasteiger partial charge is 0.444 e. The van der Waals surface area contributed by atoms with Crippen LogP contribution in [0.1, 0.15) is 55.1 Å². The molecule has 3 heterocycles. The number of nitrogens with zero attached hydrogens (tertiary/aromatic N) is 5. The fourth-order valence-corrected chi connectivity index (χ4v) is 5.85. The fourth-order valence-electron chi connectivity index (χ4n) is 5.85. The molecule has 3 unspecified atom stereocenters. The van der Waals surface area contributed by atoms with E-state index < -0.39 is 11.1 Å². The van der Waals surface area contributed by atoms with Crippen molar-refractivity contribution in [3.8, 4) is 6.07 Å². The number of aliphatic imine (C=N–C) groups is 1. The Morgan fingerprint density at radius 3 is 2.38 bits per heavy atom. The summed E-state index contributed by atoms with van der Waals surface area (Å²) >= 11 is 0. The molecule has 5 rings (SSSR count). The number of amidine groups is 1. The number of carbonyl (C=O) groups excluding carboxylic acids is 3. The van der Waals surface area contributed by atoms with Gasteiger partial charge in [-0.05, 0) is 57.0 Å². The van der Waals surface area contributed by atoms with Crippen LogP contribution in [0, 0.1) is 23.2 Å². The van der Waals surface area contributed by atoms with Crippen LogP contribution in [0.4, 0.5) is 4.79 Å². The summed E-state index contributed by atoms with van der Waals surface area (Å²) in [6.07, 6.45) is 5.36. The molecule has 3 atom stereocenters. The second-order valence-corrected chi connectivity index (χ2v) is 11.8. The lowest BCUT2D eigenvalue weighted by Crippen LogP contribution is -2.48. The Balaban J connectivity index is 1.42. The van der Waals surface area contributed by atoms with Crippen molar-refractivity contribution < 1.29 is 19.1 Å². The molecule has 206 valence electrons. The Morgan fingerprint density at radius 1 is 1.15 bits per heavy atom. The average molecular weight is 540 g/mol. The van der Waals surface area contributed by atoms with Gasteiger partial charge in [0, 0.05) is 55.3 Å². The third-order valence-electron chi connectivity index (χ3n) is 7.72. The number of aromatic nitrogens is 1. The Morgan fingerprint density at radius 2 is 1.80 bits per heavy atom. The molecule has 0 N–H and O–H groups in total. The van der Waals surface area contributed by atoms with Crippen molar-refractivity contribution in [1.29, 1.82) is 5.26 Å². The van der Waals surface area contributed by atoms with Crippen molar-refractivity contribution in [2.75, 3.05) is 13.1 Å². The SMILES string of the molecule is C=CCC1(Cc2ccncc2)N=C(CC(=O)c2ccc(C#N)cc2)N(C2C3CN(C(=O)OC(C)(C)C)CC32)C1=O. The van der Waals surface area contributed by atoms with Gasteiger partial charge >= 0.3 is 6.09 Å². The summed E-state index contributed by atoms with van der Waals surface area (Å²) in [5.74, 6) is 0.299.